The van der Waals surface area contributed by atoms with E-state index in [4.69, 9.17) is 0 Å². The molecule has 0 saturated carbocycles. The van der Waals surface area contributed by atoms with Gasteiger partial charge in [0.15, 0.2) is 5.71 Å². The third-order valence-electron chi connectivity index (χ3n) is 3.89. The van der Waals surface area contributed by atoms with Crippen LogP contribution in [0.2, 0.25) is 0 Å². The number of para-hydroxylation sites is 1. The summed E-state index contributed by atoms with van der Waals surface area (Å²) < 4.78 is 2.30. The summed E-state index contributed by atoms with van der Waals surface area (Å²) in [6.45, 7) is 4.59. The Kier molecular flexibility index (Phi) is 2.90. The number of hydrogen-bond acceptors (Lipinski definition) is 1. The molecule has 1 aliphatic heterocycles. The lowest BCUT2D eigenvalue weighted by Gasteiger charge is -2.15. The molecule has 0 atom stereocenters. The van der Waals surface area contributed by atoms with Gasteiger partial charge in [-0.05, 0) is 31.4 Å². The fourth-order valence-electron chi connectivity index (χ4n) is 2.85. The fourth-order valence-corrected chi connectivity index (χ4v) is 3.47. The SMILES string of the molecule is C[N+]1=C(/C=C/c2cccs2)C(C)(C)c2ccccc21. The van der Waals surface area contributed by atoms with E-state index in [2.05, 4.69) is 79.4 Å². The predicted octanol–water partition coefficient (Wildman–Crippen LogP) is 4.47. The molecule has 2 heterocycles. The van der Waals surface area contributed by atoms with Gasteiger partial charge in [0.1, 0.15) is 7.05 Å². The van der Waals surface area contributed by atoms with E-state index in [1.54, 1.807) is 11.3 Å². The van der Waals surface area contributed by atoms with Crippen molar-refractivity contribution in [1.29, 1.82) is 0 Å². The van der Waals surface area contributed by atoms with Crippen LogP contribution in [-0.2, 0) is 5.41 Å². The number of nitrogens with zero attached hydrogens (tertiary/aromatic N) is 1. The Labute approximate surface area is 118 Å². The second-order valence-corrected chi connectivity index (χ2v) is 6.41. The molecule has 0 N–H and O–H groups in total. The third kappa shape index (κ3) is 1.96. The molecule has 19 heavy (non-hydrogen) atoms. The topological polar surface area (TPSA) is 3.01 Å². The molecule has 1 aromatic carbocycles. The van der Waals surface area contributed by atoms with Crippen LogP contribution in [0.15, 0.2) is 47.9 Å². The van der Waals surface area contributed by atoms with Gasteiger partial charge in [-0.1, -0.05) is 24.3 Å². The molecule has 96 valence electrons. The Balaban J connectivity index is 2.05. The van der Waals surface area contributed by atoms with E-state index in [1.165, 1.54) is 21.8 Å². The van der Waals surface area contributed by atoms with Gasteiger partial charge in [-0.25, -0.2) is 0 Å². The largest absolute Gasteiger partial charge is 0.209 e. The standard InChI is InChI=1S/C17H18NS/c1-17(2)14-8-4-5-9-15(14)18(3)16(17)11-10-13-7-6-12-19-13/h4-12H,1-3H3/q+1/b11-10+. The van der Waals surface area contributed by atoms with Crippen LogP contribution < -0.4 is 0 Å². The summed E-state index contributed by atoms with van der Waals surface area (Å²) >= 11 is 1.77. The van der Waals surface area contributed by atoms with Crippen LogP contribution in [0.5, 0.6) is 0 Å². The minimum atomic E-state index is 0.0686. The number of hydrogen-bond donors (Lipinski definition) is 0. The van der Waals surface area contributed by atoms with Crippen molar-refractivity contribution in [3.05, 3.63) is 58.3 Å². The molecule has 0 bridgehead atoms. The Hall–Kier alpha value is -1.67. The molecule has 3 rings (SSSR count). The molecule has 0 unspecified atom stereocenters. The van der Waals surface area contributed by atoms with Crippen LogP contribution in [0.4, 0.5) is 5.69 Å². The highest BCUT2D eigenvalue weighted by Crippen LogP contribution is 2.39. The number of thiophene rings is 1. The van der Waals surface area contributed by atoms with Crippen molar-refractivity contribution in [3.63, 3.8) is 0 Å². The summed E-state index contributed by atoms with van der Waals surface area (Å²) in [7, 11) is 2.15. The Morgan fingerprint density at radius 2 is 1.84 bits per heavy atom. The first-order valence-corrected chi connectivity index (χ1v) is 7.41. The van der Waals surface area contributed by atoms with E-state index in [1.807, 2.05) is 0 Å². The van der Waals surface area contributed by atoms with Gasteiger partial charge < -0.3 is 0 Å². The quantitative estimate of drug-likeness (QED) is 0.707. The van der Waals surface area contributed by atoms with Crippen LogP contribution in [0.25, 0.3) is 6.08 Å². The zero-order valence-electron chi connectivity index (χ0n) is 11.6. The third-order valence-corrected chi connectivity index (χ3v) is 4.73. The minimum absolute atomic E-state index is 0.0686. The van der Waals surface area contributed by atoms with Crippen molar-refractivity contribution in [2.75, 3.05) is 7.05 Å². The van der Waals surface area contributed by atoms with Crippen molar-refractivity contribution in [1.82, 2.24) is 0 Å². The van der Waals surface area contributed by atoms with E-state index in [-0.39, 0.29) is 5.41 Å². The summed E-state index contributed by atoms with van der Waals surface area (Å²) in [4.78, 5) is 1.30. The highest BCUT2D eigenvalue weighted by Gasteiger charge is 2.42. The highest BCUT2D eigenvalue weighted by atomic mass is 32.1. The van der Waals surface area contributed by atoms with Gasteiger partial charge in [-0.2, -0.15) is 4.58 Å². The minimum Gasteiger partial charge on any atom is -0.198 e. The second kappa shape index (κ2) is 4.46. The Bertz CT molecular complexity index is 660. The summed E-state index contributed by atoms with van der Waals surface area (Å²) in [5.41, 5.74) is 4.14. The molecule has 2 heteroatoms. The van der Waals surface area contributed by atoms with Crippen molar-refractivity contribution < 1.29 is 4.58 Å². The van der Waals surface area contributed by atoms with Gasteiger partial charge in [0, 0.05) is 22.6 Å². The molecule has 0 amide bonds. The highest BCUT2D eigenvalue weighted by molar-refractivity contribution is 7.10. The maximum Gasteiger partial charge on any atom is 0.209 e. The van der Waals surface area contributed by atoms with Crippen molar-refractivity contribution >= 4 is 28.8 Å². The van der Waals surface area contributed by atoms with Crippen LogP contribution in [-0.4, -0.2) is 17.3 Å². The molecular weight excluding hydrogens is 250 g/mol. The zero-order valence-corrected chi connectivity index (χ0v) is 12.4. The van der Waals surface area contributed by atoms with E-state index in [0.29, 0.717) is 0 Å². The lowest BCUT2D eigenvalue weighted by atomic mass is 9.81. The maximum absolute atomic E-state index is 2.30. The number of fused-ring (bicyclic) bond motifs is 1. The Morgan fingerprint density at radius 1 is 1.05 bits per heavy atom. The monoisotopic (exact) mass is 268 g/mol. The smallest absolute Gasteiger partial charge is 0.198 e. The zero-order chi connectivity index (χ0) is 13.5. The van der Waals surface area contributed by atoms with Gasteiger partial charge in [0.2, 0.25) is 5.69 Å². The molecular formula is C17H18NS+. The summed E-state index contributed by atoms with van der Waals surface area (Å²) in [5.74, 6) is 0. The van der Waals surface area contributed by atoms with Gasteiger partial charge >= 0.3 is 0 Å². The van der Waals surface area contributed by atoms with Gasteiger partial charge in [0.25, 0.3) is 0 Å². The first-order chi connectivity index (χ1) is 9.10. The summed E-state index contributed by atoms with van der Waals surface area (Å²) in [5, 5.41) is 2.11. The van der Waals surface area contributed by atoms with Crippen LogP contribution in [0.1, 0.15) is 24.3 Å². The average Bonchev–Trinajstić information content (AvgIpc) is 2.97. The fraction of sp³-hybridized carbons (Fsp3) is 0.235. The number of rotatable bonds is 2. The van der Waals surface area contributed by atoms with Crippen molar-refractivity contribution in [2.45, 2.75) is 19.3 Å². The lowest BCUT2D eigenvalue weighted by Crippen LogP contribution is -2.26. The van der Waals surface area contributed by atoms with Gasteiger partial charge in [-0.15, -0.1) is 11.3 Å². The van der Waals surface area contributed by atoms with Crippen molar-refractivity contribution in [3.8, 4) is 0 Å². The van der Waals surface area contributed by atoms with E-state index >= 15 is 0 Å². The molecule has 0 fully saturated rings. The van der Waals surface area contributed by atoms with Crippen LogP contribution in [0.3, 0.4) is 0 Å². The number of allylic oxidation sites excluding steroid dienone is 1. The molecule has 1 aromatic heterocycles. The van der Waals surface area contributed by atoms with Gasteiger partial charge in [0.05, 0.1) is 5.41 Å². The molecule has 0 aliphatic carbocycles. The van der Waals surface area contributed by atoms with E-state index < -0.39 is 0 Å². The van der Waals surface area contributed by atoms with Crippen LogP contribution >= 0.6 is 11.3 Å². The van der Waals surface area contributed by atoms with Crippen molar-refractivity contribution in [2.24, 2.45) is 0 Å². The average molecular weight is 268 g/mol. The van der Waals surface area contributed by atoms with Gasteiger partial charge in [-0.3, -0.25) is 0 Å². The van der Waals surface area contributed by atoms with E-state index in [9.17, 15) is 0 Å². The van der Waals surface area contributed by atoms with Crippen LogP contribution in [0, 0.1) is 0 Å². The second-order valence-electron chi connectivity index (χ2n) is 5.44. The normalized spacial score (nSPS) is 17.2. The Morgan fingerprint density at radius 3 is 2.53 bits per heavy atom. The summed E-state index contributed by atoms with van der Waals surface area (Å²) in [6.07, 6.45) is 4.47. The predicted molar refractivity (Wildman–Crippen MR) is 83.7 cm³/mol. The van der Waals surface area contributed by atoms with E-state index in [0.717, 1.165) is 0 Å². The molecule has 0 spiro atoms. The first kappa shape index (κ1) is 12.4. The molecule has 0 saturated heterocycles. The lowest BCUT2D eigenvalue weighted by molar-refractivity contribution is -0.401. The molecule has 0 radical (unpaired) electrons. The first-order valence-electron chi connectivity index (χ1n) is 6.53. The number of benzene rings is 1. The molecule has 1 aliphatic rings. The maximum atomic E-state index is 2.30. The summed E-state index contributed by atoms with van der Waals surface area (Å²) in [6, 6.07) is 12.9. The molecule has 2 aromatic rings. The molecule has 1 nitrogen and oxygen atoms in total.